The van der Waals surface area contributed by atoms with E-state index in [0.717, 1.165) is 4.31 Å². The number of benzene rings is 2. The highest BCUT2D eigenvalue weighted by Crippen LogP contribution is 2.35. The Morgan fingerprint density at radius 3 is 2.45 bits per heavy atom. The Balaban J connectivity index is 1.76. The van der Waals surface area contributed by atoms with E-state index in [0.29, 0.717) is 22.5 Å². The number of carbonyl (C=O) groups excluding carboxylic acids is 3. The second-order valence-electron chi connectivity index (χ2n) is 7.31. The number of ether oxygens (including phenoxy) is 1. The van der Waals surface area contributed by atoms with Crippen molar-refractivity contribution in [2.45, 2.75) is 31.8 Å². The van der Waals surface area contributed by atoms with Crippen molar-refractivity contribution in [2.24, 2.45) is 0 Å². The Morgan fingerprint density at radius 1 is 1.19 bits per heavy atom. The standard InChI is InChI=1S/C21H23N3O6S/c1-12-9-17-18(30-14(3)21(27)23-17)10-19(12)31(28,29)24(4)11-20(26)22-16-7-5-15(6-8-16)13(2)25/h5-10,14H,11H2,1-4H3,(H,22,26)(H,23,27)/t14-/m0/s1. The summed E-state index contributed by atoms with van der Waals surface area (Å²) >= 11 is 0. The first-order valence-electron chi connectivity index (χ1n) is 9.48. The Labute approximate surface area is 180 Å². The van der Waals surface area contributed by atoms with Gasteiger partial charge in [-0.05, 0) is 56.7 Å². The molecule has 1 heterocycles. The lowest BCUT2D eigenvalue weighted by Crippen LogP contribution is -2.36. The van der Waals surface area contributed by atoms with Gasteiger partial charge < -0.3 is 15.4 Å². The number of likely N-dealkylation sites (N-methyl/N-ethyl adjacent to an activating group) is 1. The molecule has 1 aliphatic heterocycles. The van der Waals surface area contributed by atoms with Crippen LogP contribution in [-0.2, 0) is 19.6 Å². The van der Waals surface area contributed by atoms with Gasteiger partial charge in [-0.25, -0.2) is 8.42 Å². The van der Waals surface area contributed by atoms with Gasteiger partial charge in [0.15, 0.2) is 11.9 Å². The monoisotopic (exact) mass is 445 g/mol. The van der Waals surface area contributed by atoms with E-state index < -0.39 is 28.6 Å². The Kier molecular flexibility index (Phi) is 6.14. The summed E-state index contributed by atoms with van der Waals surface area (Å²) in [6.45, 7) is 4.19. The topological polar surface area (TPSA) is 122 Å². The second kappa shape index (κ2) is 8.48. The summed E-state index contributed by atoms with van der Waals surface area (Å²) in [4.78, 5) is 35.4. The van der Waals surface area contributed by atoms with E-state index in [1.54, 1.807) is 38.1 Å². The van der Waals surface area contributed by atoms with Crippen molar-refractivity contribution in [3.05, 3.63) is 47.5 Å². The number of anilines is 2. The van der Waals surface area contributed by atoms with E-state index >= 15 is 0 Å². The van der Waals surface area contributed by atoms with Crippen LogP contribution in [0.4, 0.5) is 11.4 Å². The number of sulfonamides is 1. The molecule has 2 aromatic carbocycles. The lowest BCUT2D eigenvalue weighted by molar-refractivity contribution is -0.122. The quantitative estimate of drug-likeness (QED) is 0.657. The van der Waals surface area contributed by atoms with Gasteiger partial charge in [-0.3, -0.25) is 14.4 Å². The number of nitrogens with one attached hydrogen (secondary N) is 2. The van der Waals surface area contributed by atoms with Crippen LogP contribution in [0.3, 0.4) is 0 Å². The normalized spacial score (nSPS) is 15.6. The molecule has 0 saturated carbocycles. The molecule has 0 radical (unpaired) electrons. The van der Waals surface area contributed by atoms with Crippen molar-refractivity contribution in [3.63, 3.8) is 0 Å². The van der Waals surface area contributed by atoms with Crippen molar-refractivity contribution in [1.29, 1.82) is 0 Å². The lowest BCUT2D eigenvalue weighted by Gasteiger charge is -2.25. The average molecular weight is 445 g/mol. The second-order valence-corrected chi connectivity index (χ2v) is 9.32. The van der Waals surface area contributed by atoms with Gasteiger partial charge in [0, 0.05) is 24.4 Å². The summed E-state index contributed by atoms with van der Waals surface area (Å²) < 4.78 is 32.6. The highest BCUT2D eigenvalue weighted by molar-refractivity contribution is 7.89. The van der Waals surface area contributed by atoms with E-state index in [4.69, 9.17) is 4.74 Å². The molecule has 9 nitrogen and oxygen atoms in total. The summed E-state index contributed by atoms with van der Waals surface area (Å²) in [7, 11) is -2.70. The van der Waals surface area contributed by atoms with Crippen LogP contribution in [-0.4, -0.2) is 50.0 Å². The Hall–Kier alpha value is -3.24. The largest absolute Gasteiger partial charge is 0.479 e. The molecule has 2 N–H and O–H groups in total. The highest BCUT2D eigenvalue weighted by atomic mass is 32.2. The van der Waals surface area contributed by atoms with Crippen molar-refractivity contribution >= 4 is 39.0 Å². The molecule has 0 fully saturated rings. The SMILES string of the molecule is CC(=O)c1ccc(NC(=O)CN(C)S(=O)(=O)c2cc3c(cc2C)NC(=O)[C@H](C)O3)cc1. The number of rotatable bonds is 6. The number of hydrogen-bond donors (Lipinski definition) is 2. The Bertz CT molecular complexity index is 1160. The molecule has 0 spiro atoms. The zero-order valence-corrected chi connectivity index (χ0v) is 18.4. The van der Waals surface area contributed by atoms with Crippen molar-refractivity contribution in [1.82, 2.24) is 4.31 Å². The molecular weight excluding hydrogens is 422 g/mol. The first kappa shape index (κ1) is 22.4. The third-order valence-electron chi connectivity index (χ3n) is 4.84. The number of carbonyl (C=O) groups is 3. The maximum atomic E-state index is 13.1. The van der Waals surface area contributed by atoms with Crippen LogP contribution in [0.1, 0.15) is 29.8 Å². The van der Waals surface area contributed by atoms with Crippen LogP contribution in [0.5, 0.6) is 5.75 Å². The minimum Gasteiger partial charge on any atom is -0.479 e. The first-order valence-corrected chi connectivity index (χ1v) is 10.9. The molecular formula is C21H23N3O6S. The summed E-state index contributed by atoms with van der Waals surface area (Å²) in [5.41, 5.74) is 1.76. The van der Waals surface area contributed by atoms with Gasteiger partial charge in [0.25, 0.3) is 5.91 Å². The first-order chi connectivity index (χ1) is 14.5. The molecule has 1 aliphatic rings. The number of hydrogen-bond acceptors (Lipinski definition) is 6. The van der Waals surface area contributed by atoms with Gasteiger partial charge in [0.2, 0.25) is 15.9 Å². The highest BCUT2D eigenvalue weighted by Gasteiger charge is 2.30. The number of fused-ring (bicyclic) bond motifs is 1. The number of aryl methyl sites for hydroxylation is 1. The van der Waals surface area contributed by atoms with Crippen molar-refractivity contribution in [3.8, 4) is 5.75 Å². The van der Waals surface area contributed by atoms with Crippen LogP contribution in [0.2, 0.25) is 0 Å². The summed E-state index contributed by atoms with van der Waals surface area (Å²) in [5, 5.41) is 5.28. The van der Waals surface area contributed by atoms with Crippen LogP contribution >= 0.6 is 0 Å². The maximum absolute atomic E-state index is 13.1. The molecule has 0 aliphatic carbocycles. The van der Waals surface area contributed by atoms with Crippen molar-refractivity contribution < 1.29 is 27.5 Å². The van der Waals surface area contributed by atoms with Crippen LogP contribution in [0.15, 0.2) is 41.3 Å². The number of ketones is 1. The molecule has 2 amide bonds. The molecule has 3 rings (SSSR count). The minimum atomic E-state index is -4.00. The molecule has 2 aromatic rings. The van der Waals surface area contributed by atoms with E-state index in [2.05, 4.69) is 10.6 Å². The summed E-state index contributed by atoms with van der Waals surface area (Å²) in [6.07, 6.45) is -0.747. The summed E-state index contributed by atoms with van der Waals surface area (Å²) in [6, 6.07) is 9.18. The smallest absolute Gasteiger partial charge is 0.265 e. The number of Topliss-reactive ketones (excluding diaryl/α,β-unsaturated/α-hetero) is 1. The molecule has 0 unspecified atom stereocenters. The minimum absolute atomic E-state index is 0.0179. The van der Waals surface area contributed by atoms with Gasteiger partial charge in [-0.15, -0.1) is 0 Å². The summed E-state index contributed by atoms with van der Waals surface area (Å²) in [5.74, 6) is -0.691. The van der Waals surface area contributed by atoms with Gasteiger partial charge >= 0.3 is 0 Å². The van der Waals surface area contributed by atoms with E-state index in [1.807, 2.05) is 0 Å². The van der Waals surface area contributed by atoms with Crippen LogP contribution in [0.25, 0.3) is 0 Å². The molecule has 0 aromatic heterocycles. The molecule has 1 atom stereocenters. The van der Waals surface area contributed by atoms with E-state index in [9.17, 15) is 22.8 Å². The number of nitrogens with zero attached hydrogens (tertiary/aromatic N) is 1. The Morgan fingerprint density at radius 2 is 1.84 bits per heavy atom. The molecule has 0 bridgehead atoms. The molecule has 164 valence electrons. The fourth-order valence-electron chi connectivity index (χ4n) is 3.06. The van der Waals surface area contributed by atoms with Crippen molar-refractivity contribution in [2.75, 3.05) is 24.2 Å². The predicted octanol–water partition coefficient (Wildman–Crippen LogP) is 2.18. The fourth-order valence-corrected chi connectivity index (χ4v) is 4.41. The van der Waals surface area contributed by atoms with Gasteiger partial charge in [-0.1, -0.05) is 0 Å². The average Bonchev–Trinajstić information content (AvgIpc) is 2.69. The maximum Gasteiger partial charge on any atom is 0.265 e. The zero-order chi connectivity index (χ0) is 22.9. The van der Waals surface area contributed by atoms with Gasteiger partial charge in [0.1, 0.15) is 5.75 Å². The van der Waals surface area contributed by atoms with Crippen LogP contribution < -0.4 is 15.4 Å². The molecule has 0 saturated heterocycles. The van der Waals surface area contributed by atoms with E-state index in [-0.39, 0.29) is 22.3 Å². The fraction of sp³-hybridized carbons (Fsp3) is 0.286. The molecule has 10 heteroatoms. The van der Waals surface area contributed by atoms with E-state index in [1.165, 1.54) is 26.1 Å². The van der Waals surface area contributed by atoms with Gasteiger partial charge in [0.05, 0.1) is 17.1 Å². The third kappa shape index (κ3) is 4.75. The number of amides is 2. The predicted molar refractivity (Wildman–Crippen MR) is 115 cm³/mol. The van der Waals surface area contributed by atoms with Crippen LogP contribution in [0, 0.1) is 6.92 Å². The lowest BCUT2D eigenvalue weighted by atomic mass is 10.1. The molecule has 31 heavy (non-hydrogen) atoms. The van der Waals surface area contributed by atoms with Gasteiger partial charge in [-0.2, -0.15) is 4.31 Å². The third-order valence-corrected chi connectivity index (χ3v) is 6.78. The zero-order valence-electron chi connectivity index (χ0n) is 17.6.